The second-order valence-electron chi connectivity index (χ2n) is 5.79. The maximum Gasteiger partial charge on any atom is 0.243 e. The Morgan fingerprint density at radius 3 is 2.61 bits per heavy atom. The number of hydrogen-bond acceptors (Lipinski definition) is 4. The fourth-order valence-corrected chi connectivity index (χ4v) is 5.27. The molecule has 1 aromatic rings. The van der Waals surface area contributed by atoms with Crippen LogP contribution in [0.1, 0.15) is 31.7 Å². The lowest BCUT2D eigenvalue weighted by Gasteiger charge is -2.37. The maximum atomic E-state index is 13.0. The molecule has 23 heavy (non-hydrogen) atoms. The molecule has 8 heteroatoms. The Morgan fingerprint density at radius 2 is 2.04 bits per heavy atom. The molecule has 0 amide bonds. The predicted octanol–water partition coefficient (Wildman–Crippen LogP) is 2.97. The third-order valence-electron chi connectivity index (χ3n) is 4.14. The molecule has 2 atom stereocenters. The summed E-state index contributed by atoms with van der Waals surface area (Å²) in [6, 6.07) is 2.75. The first-order chi connectivity index (χ1) is 10.3. The van der Waals surface area contributed by atoms with Crippen molar-refractivity contribution in [2.75, 3.05) is 13.7 Å². The minimum absolute atomic E-state index is 0. The van der Waals surface area contributed by atoms with Crippen molar-refractivity contribution in [1.82, 2.24) is 4.31 Å². The molecule has 0 aromatic heterocycles. The number of ether oxygens (including phenoxy) is 1. The van der Waals surface area contributed by atoms with E-state index in [0.717, 1.165) is 19.3 Å². The van der Waals surface area contributed by atoms with Gasteiger partial charge in [0, 0.05) is 18.6 Å². The van der Waals surface area contributed by atoms with E-state index in [-0.39, 0.29) is 29.4 Å². The zero-order valence-corrected chi connectivity index (χ0v) is 16.0. The second kappa shape index (κ2) is 8.03. The normalized spacial score (nSPS) is 20.7. The third-order valence-corrected chi connectivity index (χ3v) is 6.50. The van der Waals surface area contributed by atoms with Crippen molar-refractivity contribution in [2.45, 2.75) is 50.1 Å². The molecule has 0 saturated carbocycles. The van der Waals surface area contributed by atoms with Gasteiger partial charge in [-0.1, -0.05) is 18.0 Å². The van der Waals surface area contributed by atoms with Gasteiger partial charge in [-0.25, -0.2) is 8.42 Å². The van der Waals surface area contributed by atoms with E-state index in [1.807, 2.05) is 6.92 Å². The molecular formula is C15H24Cl2N2O3S. The summed E-state index contributed by atoms with van der Waals surface area (Å²) >= 11 is 6.11. The standard InChI is InChI=1S/C15H23ClN2O3S.ClH/c1-10-8-14(21-3)12(16)9-15(10)22(19,20)18-7-5-4-6-13(18)11(2)17;/h8-9,11,13H,4-7,17H2,1-3H3;1H. The number of sulfonamides is 1. The first-order valence-electron chi connectivity index (χ1n) is 7.40. The van der Waals surface area contributed by atoms with E-state index in [2.05, 4.69) is 0 Å². The van der Waals surface area contributed by atoms with Crippen LogP contribution in [-0.2, 0) is 10.0 Å². The molecule has 1 aliphatic rings. The molecule has 0 spiro atoms. The van der Waals surface area contributed by atoms with Crippen molar-refractivity contribution in [1.29, 1.82) is 0 Å². The van der Waals surface area contributed by atoms with Gasteiger partial charge < -0.3 is 10.5 Å². The van der Waals surface area contributed by atoms with E-state index < -0.39 is 10.0 Å². The maximum absolute atomic E-state index is 13.0. The molecule has 1 heterocycles. The molecule has 1 fully saturated rings. The lowest BCUT2D eigenvalue weighted by Crippen LogP contribution is -2.51. The van der Waals surface area contributed by atoms with Crippen molar-refractivity contribution in [3.8, 4) is 5.75 Å². The van der Waals surface area contributed by atoms with E-state index in [1.54, 1.807) is 13.0 Å². The first kappa shape index (κ1) is 20.5. The molecule has 2 rings (SSSR count). The van der Waals surface area contributed by atoms with Crippen molar-refractivity contribution < 1.29 is 13.2 Å². The molecule has 0 radical (unpaired) electrons. The molecule has 132 valence electrons. The van der Waals surface area contributed by atoms with Crippen LogP contribution in [0.4, 0.5) is 0 Å². The fraction of sp³-hybridized carbons (Fsp3) is 0.600. The van der Waals surface area contributed by atoms with Crippen LogP contribution in [0.5, 0.6) is 5.75 Å². The molecule has 0 bridgehead atoms. The Morgan fingerprint density at radius 1 is 1.39 bits per heavy atom. The Balaban J connectivity index is 0.00000264. The Hall–Kier alpha value is -0.530. The van der Waals surface area contributed by atoms with Gasteiger partial charge in [-0.3, -0.25) is 0 Å². The number of methoxy groups -OCH3 is 1. The summed E-state index contributed by atoms with van der Waals surface area (Å²) in [5.74, 6) is 0.473. The largest absolute Gasteiger partial charge is 0.495 e. The van der Waals surface area contributed by atoms with Gasteiger partial charge in [0.2, 0.25) is 10.0 Å². The van der Waals surface area contributed by atoms with Gasteiger partial charge in [-0.2, -0.15) is 4.31 Å². The van der Waals surface area contributed by atoms with Crippen LogP contribution in [0.3, 0.4) is 0 Å². The summed E-state index contributed by atoms with van der Waals surface area (Å²) < 4.78 is 32.8. The average Bonchev–Trinajstić information content (AvgIpc) is 2.48. The van der Waals surface area contributed by atoms with E-state index in [1.165, 1.54) is 17.5 Å². The van der Waals surface area contributed by atoms with Crippen LogP contribution in [0, 0.1) is 6.92 Å². The number of hydrogen-bond donors (Lipinski definition) is 1. The lowest BCUT2D eigenvalue weighted by molar-refractivity contribution is 0.227. The monoisotopic (exact) mass is 382 g/mol. The van der Waals surface area contributed by atoms with Crippen molar-refractivity contribution in [2.24, 2.45) is 5.73 Å². The van der Waals surface area contributed by atoms with Gasteiger partial charge in [0.1, 0.15) is 5.75 Å². The number of halogens is 2. The highest BCUT2D eigenvalue weighted by Gasteiger charge is 2.36. The van der Waals surface area contributed by atoms with Crippen molar-refractivity contribution in [3.05, 3.63) is 22.7 Å². The Kier molecular flexibility index (Phi) is 7.16. The number of benzene rings is 1. The molecule has 1 aliphatic heterocycles. The summed E-state index contributed by atoms with van der Waals surface area (Å²) in [4.78, 5) is 0.228. The summed E-state index contributed by atoms with van der Waals surface area (Å²) in [5.41, 5.74) is 6.61. The number of nitrogens with zero attached hydrogens (tertiary/aromatic N) is 1. The van der Waals surface area contributed by atoms with E-state index in [0.29, 0.717) is 22.9 Å². The number of piperidine rings is 1. The number of aryl methyl sites for hydroxylation is 1. The second-order valence-corrected chi connectivity index (χ2v) is 8.06. The zero-order valence-electron chi connectivity index (χ0n) is 13.6. The number of rotatable bonds is 4. The van der Waals surface area contributed by atoms with Gasteiger partial charge in [0.05, 0.1) is 17.0 Å². The predicted molar refractivity (Wildman–Crippen MR) is 95.2 cm³/mol. The fourth-order valence-electron chi connectivity index (χ4n) is 2.95. The highest BCUT2D eigenvalue weighted by molar-refractivity contribution is 7.89. The number of nitrogens with two attached hydrogens (primary N) is 1. The highest BCUT2D eigenvalue weighted by atomic mass is 35.5. The summed E-state index contributed by atoms with van der Waals surface area (Å²) in [6.45, 7) is 4.10. The topological polar surface area (TPSA) is 72.6 Å². The highest BCUT2D eigenvalue weighted by Crippen LogP contribution is 2.34. The van der Waals surface area contributed by atoms with Gasteiger partial charge in [-0.05, 0) is 44.4 Å². The molecule has 2 N–H and O–H groups in total. The molecule has 1 aromatic carbocycles. The zero-order chi connectivity index (χ0) is 16.5. The molecule has 0 aliphatic carbocycles. The van der Waals surface area contributed by atoms with Gasteiger partial charge >= 0.3 is 0 Å². The third kappa shape index (κ3) is 4.12. The first-order valence-corrected chi connectivity index (χ1v) is 9.22. The van der Waals surface area contributed by atoms with Crippen LogP contribution in [0.2, 0.25) is 5.02 Å². The SMILES string of the molecule is COc1cc(C)c(S(=O)(=O)N2CCCCC2C(C)N)cc1Cl.Cl. The van der Waals surface area contributed by atoms with Crippen molar-refractivity contribution >= 4 is 34.0 Å². The van der Waals surface area contributed by atoms with Crippen LogP contribution in [0.15, 0.2) is 17.0 Å². The Bertz CT molecular complexity index is 650. The summed E-state index contributed by atoms with van der Waals surface area (Å²) in [7, 11) is -2.12. The summed E-state index contributed by atoms with van der Waals surface area (Å²) in [6.07, 6.45) is 2.64. The van der Waals surface area contributed by atoms with Crippen LogP contribution >= 0.6 is 24.0 Å². The van der Waals surface area contributed by atoms with E-state index in [4.69, 9.17) is 22.1 Å². The Labute approximate surface area is 149 Å². The smallest absolute Gasteiger partial charge is 0.243 e. The van der Waals surface area contributed by atoms with Gasteiger partial charge in [0.25, 0.3) is 0 Å². The van der Waals surface area contributed by atoms with E-state index in [9.17, 15) is 8.42 Å². The van der Waals surface area contributed by atoms with Crippen LogP contribution in [-0.4, -0.2) is 38.5 Å². The minimum atomic E-state index is -3.62. The molecule has 5 nitrogen and oxygen atoms in total. The van der Waals surface area contributed by atoms with Crippen LogP contribution < -0.4 is 10.5 Å². The molecule has 2 unspecified atom stereocenters. The molecule has 1 saturated heterocycles. The van der Waals surface area contributed by atoms with Gasteiger partial charge in [-0.15, -0.1) is 12.4 Å². The van der Waals surface area contributed by atoms with E-state index >= 15 is 0 Å². The summed E-state index contributed by atoms with van der Waals surface area (Å²) in [5, 5.41) is 0.293. The average molecular weight is 383 g/mol. The minimum Gasteiger partial charge on any atom is -0.495 e. The molecular weight excluding hydrogens is 359 g/mol. The van der Waals surface area contributed by atoms with Crippen molar-refractivity contribution in [3.63, 3.8) is 0 Å². The lowest BCUT2D eigenvalue weighted by atomic mass is 10.00. The quantitative estimate of drug-likeness (QED) is 0.868. The van der Waals surface area contributed by atoms with Gasteiger partial charge in [0.15, 0.2) is 0 Å². The van der Waals surface area contributed by atoms with Crippen LogP contribution in [0.25, 0.3) is 0 Å².